The monoisotopic (exact) mass is 418 g/mol. The van der Waals surface area contributed by atoms with Gasteiger partial charge in [-0.15, -0.1) is 0 Å². The second-order valence-electron chi connectivity index (χ2n) is 8.39. The Labute approximate surface area is 179 Å². The first-order valence-corrected chi connectivity index (χ1v) is 9.89. The van der Waals surface area contributed by atoms with Gasteiger partial charge in [-0.05, 0) is 29.8 Å². The normalized spacial score (nSPS) is 13.5. The van der Waals surface area contributed by atoms with E-state index in [-0.39, 0.29) is 36.2 Å². The second kappa shape index (κ2) is 7.79. The molecule has 0 radical (unpaired) electrons. The minimum atomic E-state index is -0.331. The molecule has 0 atom stereocenters. The number of hydrogen-bond acceptors (Lipinski definition) is 6. The van der Waals surface area contributed by atoms with Gasteiger partial charge >= 0.3 is 0 Å². The average Bonchev–Trinajstić information content (AvgIpc) is 3.32. The molecule has 1 N–H and O–H groups in total. The molecule has 0 aliphatic carbocycles. The van der Waals surface area contributed by atoms with Gasteiger partial charge < -0.3 is 9.84 Å². The summed E-state index contributed by atoms with van der Waals surface area (Å²) in [6.45, 7) is 6.10. The van der Waals surface area contributed by atoms with E-state index < -0.39 is 0 Å². The van der Waals surface area contributed by atoms with Crippen LogP contribution in [0.15, 0.2) is 53.1 Å². The van der Waals surface area contributed by atoms with Crippen molar-refractivity contribution in [2.45, 2.75) is 39.3 Å². The lowest BCUT2D eigenvalue weighted by Gasteiger charge is -2.14. The zero-order valence-corrected chi connectivity index (χ0v) is 17.5. The summed E-state index contributed by atoms with van der Waals surface area (Å²) < 4.78 is 5.23. The fourth-order valence-electron chi connectivity index (χ4n) is 3.27. The molecule has 3 amide bonds. The van der Waals surface area contributed by atoms with E-state index >= 15 is 0 Å². The van der Waals surface area contributed by atoms with Gasteiger partial charge in [-0.25, -0.2) is 0 Å². The lowest BCUT2D eigenvalue weighted by molar-refractivity contribution is 0.0642. The quantitative estimate of drug-likeness (QED) is 0.639. The molecule has 0 saturated carbocycles. The molecule has 0 unspecified atom stereocenters. The Hall–Kier alpha value is -3.81. The lowest BCUT2D eigenvalue weighted by atomic mass is 9.97. The van der Waals surface area contributed by atoms with Crippen molar-refractivity contribution in [3.05, 3.63) is 82.5 Å². The van der Waals surface area contributed by atoms with Crippen molar-refractivity contribution < 1.29 is 18.9 Å². The van der Waals surface area contributed by atoms with Gasteiger partial charge in [0.2, 0.25) is 5.89 Å². The number of nitrogens with one attached hydrogen (secondary N) is 1. The fourth-order valence-corrected chi connectivity index (χ4v) is 3.27. The van der Waals surface area contributed by atoms with Crippen LogP contribution in [0.2, 0.25) is 0 Å². The van der Waals surface area contributed by atoms with Crippen LogP contribution < -0.4 is 5.32 Å². The number of fused-ring (bicyclic) bond motifs is 1. The van der Waals surface area contributed by atoms with Crippen molar-refractivity contribution >= 4 is 17.7 Å². The van der Waals surface area contributed by atoms with Gasteiger partial charge in [-0.2, -0.15) is 4.98 Å². The Balaban J connectivity index is 1.43. The van der Waals surface area contributed by atoms with Crippen LogP contribution in [0.4, 0.5) is 0 Å². The smallest absolute Gasteiger partial charge is 0.261 e. The van der Waals surface area contributed by atoms with E-state index in [2.05, 4.69) is 15.5 Å². The Morgan fingerprint density at radius 2 is 1.71 bits per heavy atom. The Bertz CT molecular complexity index is 1140. The van der Waals surface area contributed by atoms with Crippen LogP contribution in [-0.2, 0) is 18.5 Å². The van der Waals surface area contributed by atoms with E-state index in [4.69, 9.17) is 4.52 Å². The highest BCUT2D eigenvalue weighted by molar-refractivity contribution is 6.21. The van der Waals surface area contributed by atoms with Crippen molar-refractivity contribution in [1.29, 1.82) is 0 Å². The highest BCUT2D eigenvalue weighted by atomic mass is 16.5. The minimum absolute atomic E-state index is 0.0905. The van der Waals surface area contributed by atoms with Gasteiger partial charge in [0.25, 0.3) is 17.7 Å². The van der Waals surface area contributed by atoms with Crippen molar-refractivity contribution in [2.75, 3.05) is 0 Å². The molecule has 0 bridgehead atoms. The number of carbonyl (C=O) groups is 3. The van der Waals surface area contributed by atoms with Crippen molar-refractivity contribution in [2.24, 2.45) is 0 Å². The summed E-state index contributed by atoms with van der Waals surface area (Å²) in [6.07, 6.45) is 0. The van der Waals surface area contributed by atoms with Crippen LogP contribution in [0.25, 0.3) is 0 Å². The molecule has 0 spiro atoms. The topological polar surface area (TPSA) is 105 Å². The summed E-state index contributed by atoms with van der Waals surface area (Å²) in [5.74, 6) is -0.0871. The molecule has 31 heavy (non-hydrogen) atoms. The third kappa shape index (κ3) is 4.09. The van der Waals surface area contributed by atoms with Crippen molar-refractivity contribution in [3.63, 3.8) is 0 Å². The maximum atomic E-state index is 12.6. The minimum Gasteiger partial charge on any atom is -0.345 e. The van der Waals surface area contributed by atoms with E-state index in [0.717, 1.165) is 0 Å². The summed E-state index contributed by atoms with van der Waals surface area (Å²) in [7, 11) is 0. The van der Waals surface area contributed by atoms with Crippen LogP contribution in [0.1, 0.15) is 69.1 Å². The van der Waals surface area contributed by atoms with E-state index in [1.54, 1.807) is 48.5 Å². The average molecular weight is 418 g/mol. The van der Waals surface area contributed by atoms with E-state index in [9.17, 15) is 14.4 Å². The first-order chi connectivity index (χ1) is 14.7. The van der Waals surface area contributed by atoms with Gasteiger partial charge in [-0.3, -0.25) is 19.3 Å². The molecule has 1 aliphatic heterocycles. The first-order valence-electron chi connectivity index (χ1n) is 9.89. The largest absolute Gasteiger partial charge is 0.345 e. The molecule has 8 heteroatoms. The van der Waals surface area contributed by atoms with Crippen LogP contribution in [0.5, 0.6) is 0 Å². The zero-order chi connectivity index (χ0) is 22.2. The number of hydrogen-bond donors (Lipinski definition) is 1. The summed E-state index contributed by atoms with van der Waals surface area (Å²) in [5, 5.41) is 6.65. The fraction of sp³-hybridized carbons (Fsp3) is 0.261. The molecule has 1 aromatic heterocycles. The van der Waals surface area contributed by atoms with Gasteiger partial charge in [0.05, 0.1) is 24.2 Å². The van der Waals surface area contributed by atoms with Crippen LogP contribution in [-0.4, -0.2) is 32.8 Å². The van der Waals surface area contributed by atoms with Gasteiger partial charge in [-0.1, -0.05) is 50.2 Å². The predicted octanol–water partition coefficient (Wildman–Crippen LogP) is 3.09. The number of aromatic nitrogens is 2. The third-order valence-electron chi connectivity index (χ3n) is 4.92. The van der Waals surface area contributed by atoms with Crippen molar-refractivity contribution in [3.8, 4) is 0 Å². The summed E-state index contributed by atoms with van der Waals surface area (Å²) in [4.78, 5) is 43.2. The Morgan fingerprint density at radius 3 is 2.32 bits per heavy atom. The number of nitrogens with zero attached hydrogens (tertiary/aromatic N) is 3. The van der Waals surface area contributed by atoms with Crippen LogP contribution in [0.3, 0.4) is 0 Å². The maximum absolute atomic E-state index is 12.6. The number of imide groups is 1. The summed E-state index contributed by atoms with van der Waals surface area (Å²) >= 11 is 0. The van der Waals surface area contributed by atoms with Gasteiger partial charge in [0, 0.05) is 11.0 Å². The number of amides is 3. The molecular formula is C23H22N4O4. The molecule has 1 aliphatic rings. The molecule has 0 saturated heterocycles. The number of benzene rings is 2. The summed E-state index contributed by atoms with van der Waals surface area (Å²) in [6, 6.07) is 13.6. The van der Waals surface area contributed by atoms with Crippen LogP contribution in [0, 0.1) is 0 Å². The Morgan fingerprint density at radius 1 is 1.03 bits per heavy atom. The molecule has 8 nitrogen and oxygen atoms in total. The lowest BCUT2D eigenvalue weighted by Crippen LogP contribution is -2.29. The Kier molecular flexibility index (Phi) is 5.14. The van der Waals surface area contributed by atoms with E-state index in [1.807, 2.05) is 20.8 Å². The molecule has 3 aromatic rings. The highest BCUT2D eigenvalue weighted by Gasteiger charge is 2.35. The highest BCUT2D eigenvalue weighted by Crippen LogP contribution is 2.24. The van der Waals surface area contributed by atoms with Crippen molar-refractivity contribution in [1.82, 2.24) is 20.4 Å². The van der Waals surface area contributed by atoms with E-state index in [1.165, 1.54) is 4.90 Å². The zero-order valence-electron chi connectivity index (χ0n) is 17.5. The first kappa shape index (κ1) is 20.5. The van der Waals surface area contributed by atoms with E-state index in [0.29, 0.717) is 34.0 Å². The molecule has 2 heterocycles. The molecule has 158 valence electrons. The van der Waals surface area contributed by atoms with Crippen LogP contribution >= 0.6 is 0 Å². The summed E-state index contributed by atoms with van der Waals surface area (Å²) in [5.41, 5.74) is 1.62. The molecule has 2 aromatic carbocycles. The predicted molar refractivity (Wildman–Crippen MR) is 111 cm³/mol. The maximum Gasteiger partial charge on any atom is 0.261 e. The number of carbonyl (C=O) groups excluding carboxylic acids is 3. The standard InChI is InChI=1S/C23H22N4O4/c1-23(2,3)22-25-18(26-31-22)12-24-19(28)15-8-6-7-14(11-15)13-27-20(29)16-9-4-5-10-17(16)21(27)30/h4-11H,12-13H2,1-3H3,(H,24,28). The number of rotatable bonds is 5. The van der Waals surface area contributed by atoms with Gasteiger partial charge in [0.1, 0.15) is 0 Å². The second-order valence-corrected chi connectivity index (χ2v) is 8.39. The van der Waals surface area contributed by atoms with Gasteiger partial charge in [0.15, 0.2) is 5.82 Å². The SMILES string of the molecule is CC(C)(C)c1nc(CNC(=O)c2cccc(CN3C(=O)c4ccccc4C3=O)c2)no1. The molecular weight excluding hydrogens is 396 g/mol. The molecule has 0 fully saturated rings. The third-order valence-corrected chi connectivity index (χ3v) is 4.92. The molecule has 4 rings (SSSR count).